The van der Waals surface area contributed by atoms with E-state index in [9.17, 15) is 9.59 Å². The van der Waals surface area contributed by atoms with Crippen LogP contribution in [0.25, 0.3) is 0 Å². The minimum absolute atomic E-state index is 0.0937. The average molecular weight is 477 g/mol. The van der Waals surface area contributed by atoms with Crippen LogP contribution in [0.5, 0.6) is 0 Å². The first kappa shape index (κ1) is 25.5. The summed E-state index contributed by atoms with van der Waals surface area (Å²) >= 11 is 6.08. The van der Waals surface area contributed by atoms with Crippen molar-refractivity contribution in [2.45, 2.75) is 58.7 Å². The van der Waals surface area contributed by atoms with Gasteiger partial charge in [0.05, 0.1) is 6.42 Å². The van der Waals surface area contributed by atoms with Crippen molar-refractivity contribution in [2.75, 3.05) is 0 Å². The van der Waals surface area contributed by atoms with Crippen molar-refractivity contribution < 1.29 is 9.59 Å². The van der Waals surface area contributed by atoms with Crippen LogP contribution >= 0.6 is 11.6 Å². The third kappa shape index (κ3) is 7.74. The topological polar surface area (TPSA) is 49.4 Å². The van der Waals surface area contributed by atoms with Crippen molar-refractivity contribution in [1.82, 2.24) is 10.2 Å². The molecule has 0 spiro atoms. The molecular weight excluding hydrogens is 444 g/mol. The second kappa shape index (κ2) is 11.3. The molecule has 2 amide bonds. The summed E-state index contributed by atoms with van der Waals surface area (Å²) in [4.78, 5) is 28.9. The Morgan fingerprint density at radius 2 is 1.44 bits per heavy atom. The molecule has 1 atom stereocenters. The first-order valence-corrected chi connectivity index (χ1v) is 11.9. The minimum Gasteiger partial charge on any atom is -0.350 e. The van der Waals surface area contributed by atoms with Crippen LogP contribution in [0.4, 0.5) is 0 Å². The van der Waals surface area contributed by atoms with Gasteiger partial charge >= 0.3 is 0 Å². The molecule has 0 fully saturated rings. The largest absolute Gasteiger partial charge is 0.350 e. The fourth-order valence-electron chi connectivity index (χ4n) is 3.78. The van der Waals surface area contributed by atoms with Crippen molar-refractivity contribution in [3.05, 3.63) is 106 Å². The van der Waals surface area contributed by atoms with Crippen LogP contribution in [-0.2, 0) is 29.0 Å². The predicted octanol–water partition coefficient (Wildman–Crippen LogP) is 5.75. The third-order valence-corrected chi connectivity index (χ3v) is 5.76. The standard InChI is InChI=1S/C29H33ClN2O2/c1-21-10-12-23(13-11-21)19-27(33)32(20-24-14-16-25(30)17-15-24)26(28(34)31-29(2,3)4)18-22-8-6-5-7-9-22/h5-17,26H,18-20H2,1-4H3,(H,31,34)/t26-/m0/s1. The second-order valence-electron chi connectivity index (χ2n) is 9.76. The molecule has 0 aliphatic heterocycles. The maximum atomic E-state index is 13.7. The Hall–Kier alpha value is -3.11. The maximum absolute atomic E-state index is 13.7. The van der Waals surface area contributed by atoms with Gasteiger partial charge in [0.25, 0.3) is 0 Å². The summed E-state index contributed by atoms with van der Waals surface area (Å²) in [6.07, 6.45) is 0.651. The molecule has 0 aliphatic rings. The first-order chi connectivity index (χ1) is 16.1. The summed E-state index contributed by atoms with van der Waals surface area (Å²) in [5.41, 5.74) is 3.56. The molecule has 4 nitrogen and oxygen atoms in total. The number of carbonyl (C=O) groups excluding carboxylic acids is 2. The number of rotatable bonds is 8. The highest BCUT2D eigenvalue weighted by Crippen LogP contribution is 2.19. The van der Waals surface area contributed by atoms with Gasteiger partial charge in [-0.3, -0.25) is 9.59 Å². The van der Waals surface area contributed by atoms with Gasteiger partial charge in [-0.25, -0.2) is 0 Å². The zero-order chi connectivity index (χ0) is 24.7. The van der Waals surface area contributed by atoms with E-state index in [0.717, 1.165) is 22.3 Å². The zero-order valence-electron chi connectivity index (χ0n) is 20.3. The van der Waals surface area contributed by atoms with E-state index >= 15 is 0 Å². The van der Waals surface area contributed by atoms with Gasteiger partial charge in [-0.15, -0.1) is 0 Å². The maximum Gasteiger partial charge on any atom is 0.243 e. The van der Waals surface area contributed by atoms with Gasteiger partial charge in [-0.1, -0.05) is 83.9 Å². The summed E-state index contributed by atoms with van der Waals surface area (Å²) in [6, 6.07) is 24.5. The van der Waals surface area contributed by atoms with E-state index in [1.807, 2.05) is 94.4 Å². The Balaban J connectivity index is 1.97. The summed E-state index contributed by atoms with van der Waals surface area (Å²) in [7, 11) is 0. The van der Waals surface area contributed by atoms with Gasteiger partial charge in [-0.2, -0.15) is 0 Å². The molecule has 0 unspecified atom stereocenters. The summed E-state index contributed by atoms with van der Waals surface area (Å²) in [5, 5.41) is 3.72. The molecule has 34 heavy (non-hydrogen) atoms. The lowest BCUT2D eigenvalue weighted by Gasteiger charge is -2.34. The lowest BCUT2D eigenvalue weighted by Crippen LogP contribution is -2.54. The van der Waals surface area contributed by atoms with Crippen molar-refractivity contribution in [1.29, 1.82) is 0 Å². The Kier molecular flexibility index (Phi) is 8.51. The molecule has 3 rings (SSSR count). The van der Waals surface area contributed by atoms with Gasteiger partial charge in [0.15, 0.2) is 0 Å². The number of carbonyl (C=O) groups is 2. The fourth-order valence-corrected chi connectivity index (χ4v) is 3.90. The summed E-state index contributed by atoms with van der Waals surface area (Å²) in [5.74, 6) is -0.258. The second-order valence-corrected chi connectivity index (χ2v) is 10.2. The molecule has 3 aromatic rings. The number of amides is 2. The molecule has 0 bridgehead atoms. The Bertz CT molecular complexity index is 1090. The molecule has 1 N–H and O–H groups in total. The Morgan fingerprint density at radius 3 is 2.03 bits per heavy atom. The highest BCUT2D eigenvalue weighted by Gasteiger charge is 2.32. The van der Waals surface area contributed by atoms with Crippen LogP contribution < -0.4 is 5.32 Å². The zero-order valence-corrected chi connectivity index (χ0v) is 21.1. The molecule has 0 saturated heterocycles. The van der Waals surface area contributed by atoms with Crippen LogP contribution in [-0.4, -0.2) is 28.3 Å². The highest BCUT2D eigenvalue weighted by molar-refractivity contribution is 6.30. The number of benzene rings is 3. The Labute approximate surface area is 207 Å². The van der Waals surface area contributed by atoms with Gasteiger partial charge in [0, 0.05) is 23.5 Å². The van der Waals surface area contributed by atoms with Crippen molar-refractivity contribution in [3.8, 4) is 0 Å². The van der Waals surface area contributed by atoms with Crippen LogP contribution in [0, 0.1) is 6.92 Å². The number of hydrogen-bond acceptors (Lipinski definition) is 2. The van der Waals surface area contributed by atoms with Gasteiger partial charge in [0.2, 0.25) is 11.8 Å². The van der Waals surface area contributed by atoms with Crippen molar-refractivity contribution in [3.63, 3.8) is 0 Å². The molecular formula is C29H33ClN2O2. The molecule has 0 aromatic heterocycles. The molecule has 3 aromatic carbocycles. The average Bonchev–Trinajstić information content (AvgIpc) is 2.78. The molecule has 0 saturated carbocycles. The van der Waals surface area contributed by atoms with E-state index in [-0.39, 0.29) is 18.2 Å². The molecule has 178 valence electrons. The Morgan fingerprint density at radius 1 is 0.853 bits per heavy atom. The number of nitrogens with one attached hydrogen (secondary N) is 1. The van der Waals surface area contributed by atoms with Crippen molar-refractivity contribution >= 4 is 23.4 Å². The predicted molar refractivity (Wildman–Crippen MR) is 139 cm³/mol. The SMILES string of the molecule is Cc1ccc(CC(=O)N(Cc2ccc(Cl)cc2)[C@@H](Cc2ccccc2)C(=O)NC(C)(C)C)cc1. The van der Waals surface area contributed by atoms with Gasteiger partial charge in [-0.05, 0) is 56.5 Å². The normalized spacial score (nSPS) is 12.1. The van der Waals surface area contributed by atoms with E-state index in [2.05, 4.69) is 5.32 Å². The van der Waals surface area contributed by atoms with E-state index in [1.54, 1.807) is 17.0 Å². The van der Waals surface area contributed by atoms with E-state index in [4.69, 9.17) is 11.6 Å². The molecule has 0 heterocycles. The lowest BCUT2D eigenvalue weighted by atomic mass is 9.99. The number of nitrogens with zero attached hydrogens (tertiary/aromatic N) is 1. The van der Waals surface area contributed by atoms with Crippen LogP contribution in [0.1, 0.15) is 43.0 Å². The number of hydrogen-bond donors (Lipinski definition) is 1. The molecule has 0 radical (unpaired) electrons. The highest BCUT2D eigenvalue weighted by atomic mass is 35.5. The van der Waals surface area contributed by atoms with Gasteiger partial charge in [0.1, 0.15) is 6.04 Å². The lowest BCUT2D eigenvalue weighted by molar-refractivity contribution is -0.141. The van der Waals surface area contributed by atoms with Crippen molar-refractivity contribution in [2.24, 2.45) is 0 Å². The summed E-state index contributed by atoms with van der Waals surface area (Å²) in [6.45, 7) is 8.18. The fraction of sp³-hybridized carbons (Fsp3) is 0.310. The van der Waals surface area contributed by atoms with Crippen LogP contribution in [0.15, 0.2) is 78.9 Å². The van der Waals surface area contributed by atoms with Crippen LogP contribution in [0.2, 0.25) is 5.02 Å². The number of aryl methyl sites for hydroxylation is 1. The van der Waals surface area contributed by atoms with E-state index in [1.165, 1.54) is 0 Å². The smallest absolute Gasteiger partial charge is 0.243 e. The molecule has 0 aliphatic carbocycles. The van der Waals surface area contributed by atoms with E-state index in [0.29, 0.717) is 18.0 Å². The van der Waals surface area contributed by atoms with E-state index < -0.39 is 11.6 Å². The summed E-state index contributed by atoms with van der Waals surface area (Å²) < 4.78 is 0. The third-order valence-electron chi connectivity index (χ3n) is 5.51. The quantitative estimate of drug-likeness (QED) is 0.450. The van der Waals surface area contributed by atoms with Gasteiger partial charge < -0.3 is 10.2 Å². The monoisotopic (exact) mass is 476 g/mol. The number of halogens is 1. The van der Waals surface area contributed by atoms with Crippen LogP contribution in [0.3, 0.4) is 0 Å². The molecule has 5 heteroatoms. The minimum atomic E-state index is -0.657. The first-order valence-electron chi connectivity index (χ1n) is 11.6.